The fraction of sp³-hybridized carbons (Fsp3) is 0.590. The number of benzene rings is 1. The maximum atomic E-state index is 14.4. The van der Waals surface area contributed by atoms with Gasteiger partial charge in [0.1, 0.15) is 6.79 Å². The van der Waals surface area contributed by atoms with Crippen LogP contribution in [0.1, 0.15) is 71.7 Å². The van der Waals surface area contributed by atoms with Gasteiger partial charge in [0.2, 0.25) is 0 Å². The molecule has 0 bridgehead atoms. The standard InChI is InChI=1S/C39H52O8/c1-25-14-10-13-19-32-26(2)22-31-33(21-20-29-23-44-37(47-35(29)31)28-16-8-7-9-17-28)39(32,4)38(41)46-27(3)15-11-12-18-30(36(40)43-6)34(25)45-24-42-5/h7-10,13-14,16-19,22,25,27,29,31-35,37H,11-12,15,20-21,23-24H2,1-6H3/b14-10+,19-13+,30-18-/t25-,27+,29+,31+,32-,33-,34+,35+,37+,39-/m0/s1. The van der Waals surface area contributed by atoms with Crippen molar-refractivity contribution in [2.45, 2.75) is 84.4 Å². The molecule has 0 aromatic heterocycles. The minimum atomic E-state index is -0.776. The molecular weight excluding hydrogens is 596 g/mol. The molecule has 256 valence electrons. The lowest BCUT2D eigenvalue weighted by atomic mass is 9.52. The van der Waals surface area contributed by atoms with Crippen molar-refractivity contribution in [2.75, 3.05) is 27.6 Å². The Morgan fingerprint density at radius 1 is 1.04 bits per heavy atom. The minimum Gasteiger partial charge on any atom is -0.466 e. The van der Waals surface area contributed by atoms with E-state index in [1.165, 1.54) is 7.11 Å². The molecule has 2 aliphatic carbocycles. The molecule has 47 heavy (non-hydrogen) atoms. The quantitative estimate of drug-likeness (QED) is 0.187. The Labute approximate surface area is 280 Å². The number of allylic oxidation sites excluding steroid dienone is 5. The molecule has 0 N–H and O–H groups in total. The number of hydrogen-bond donors (Lipinski definition) is 0. The Morgan fingerprint density at radius 2 is 1.81 bits per heavy atom. The maximum absolute atomic E-state index is 14.4. The molecule has 4 aliphatic rings. The summed E-state index contributed by atoms with van der Waals surface area (Å²) < 4.78 is 35.6. The normalized spacial score (nSPS) is 39.0. The highest BCUT2D eigenvalue weighted by Crippen LogP contribution is 2.57. The number of carbonyl (C=O) groups is 2. The number of rotatable bonds is 5. The average Bonchev–Trinajstić information content (AvgIpc) is 3.08. The van der Waals surface area contributed by atoms with Gasteiger partial charge in [-0.1, -0.05) is 79.3 Å². The summed E-state index contributed by atoms with van der Waals surface area (Å²) in [6.45, 7) is 8.91. The van der Waals surface area contributed by atoms with E-state index in [2.05, 4.69) is 26.0 Å². The molecule has 0 unspecified atom stereocenters. The number of methoxy groups -OCH3 is 2. The molecule has 0 radical (unpaired) electrons. The third kappa shape index (κ3) is 7.67. The minimum absolute atomic E-state index is 0.0458. The second kappa shape index (κ2) is 15.9. The van der Waals surface area contributed by atoms with Crippen molar-refractivity contribution in [1.82, 2.24) is 0 Å². The van der Waals surface area contributed by atoms with Gasteiger partial charge in [-0.25, -0.2) is 4.79 Å². The van der Waals surface area contributed by atoms with Crippen LogP contribution in [0.3, 0.4) is 0 Å². The molecule has 10 atom stereocenters. The van der Waals surface area contributed by atoms with Crippen molar-refractivity contribution in [3.8, 4) is 0 Å². The molecule has 0 amide bonds. The largest absolute Gasteiger partial charge is 0.466 e. The SMILES string of the molecule is COCO[C@H]1/C(C(=O)OC)=C/CCC[C@@H](C)OC(=O)[C@@]2(C)[C@@H](/C=C/C=C/[C@@H]1C)C(C)=C[C@H]1[C@@H]3O[C@H](c4ccccc4)OC[C@H]3CC[C@@H]12. The number of fused-ring (bicyclic) bond motifs is 5. The molecule has 8 nitrogen and oxygen atoms in total. The van der Waals surface area contributed by atoms with E-state index in [9.17, 15) is 9.59 Å². The van der Waals surface area contributed by atoms with Gasteiger partial charge in [0.05, 0.1) is 43.0 Å². The number of hydrogen-bond acceptors (Lipinski definition) is 8. The van der Waals surface area contributed by atoms with Crippen molar-refractivity contribution in [3.63, 3.8) is 0 Å². The third-order valence-electron chi connectivity index (χ3n) is 10.7. The predicted molar refractivity (Wildman–Crippen MR) is 179 cm³/mol. The molecule has 5 rings (SSSR count). The fourth-order valence-corrected chi connectivity index (χ4v) is 8.15. The Balaban J connectivity index is 1.48. The van der Waals surface area contributed by atoms with Crippen molar-refractivity contribution >= 4 is 11.9 Å². The van der Waals surface area contributed by atoms with E-state index in [1.807, 2.05) is 68.5 Å². The molecule has 2 aliphatic heterocycles. The summed E-state index contributed by atoms with van der Waals surface area (Å²) in [7, 11) is 2.94. The van der Waals surface area contributed by atoms with Crippen molar-refractivity contribution in [1.29, 1.82) is 0 Å². The Kier molecular flexibility index (Phi) is 11.9. The molecule has 1 aromatic rings. The highest BCUT2D eigenvalue weighted by molar-refractivity contribution is 5.89. The van der Waals surface area contributed by atoms with Crippen LogP contribution in [-0.2, 0) is 38.0 Å². The monoisotopic (exact) mass is 648 g/mol. The third-order valence-corrected chi connectivity index (χ3v) is 10.7. The maximum Gasteiger partial charge on any atom is 0.336 e. The van der Waals surface area contributed by atoms with Gasteiger partial charge in [0, 0.05) is 36.3 Å². The van der Waals surface area contributed by atoms with Crippen molar-refractivity contribution in [3.05, 3.63) is 83.5 Å². The zero-order chi connectivity index (χ0) is 33.6. The van der Waals surface area contributed by atoms with Crippen molar-refractivity contribution in [2.24, 2.45) is 35.0 Å². The van der Waals surface area contributed by atoms with Gasteiger partial charge in [-0.3, -0.25) is 4.79 Å². The number of cyclic esters (lactones) is 1. The zero-order valence-electron chi connectivity index (χ0n) is 28.8. The molecule has 2 fully saturated rings. The van der Waals surface area contributed by atoms with Crippen LogP contribution in [0.25, 0.3) is 0 Å². The molecule has 8 heteroatoms. The summed E-state index contributed by atoms with van der Waals surface area (Å²) in [5, 5.41) is 0. The van der Waals surface area contributed by atoms with Gasteiger partial charge in [-0.2, -0.15) is 0 Å². The van der Waals surface area contributed by atoms with Crippen LogP contribution >= 0.6 is 0 Å². The van der Waals surface area contributed by atoms with Crippen LogP contribution in [-0.4, -0.2) is 57.9 Å². The van der Waals surface area contributed by atoms with Crippen molar-refractivity contribution < 1.29 is 38.0 Å². The summed E-state index contributed by atoms with van der Waals surface area (Å²) in [6, 6.07) is 10.1. The molecule has 1 saturated carbocycles. The fourth-order valence-electron chi connectivity index (χ4n) is 8.15. The predicted octanol–water partition coefficient (Wildman–Crippen LogP) is 7.28. The summed E-state index contributed by atoms with van der Waals surface area (Å²) in [6.07, 6.45) is 15.0. The summed E-state index contributed by atoms with van der Waals surface area (Å²) in [5.74, 6) is -0.473. The lowest BCUT2D eigenvalue weighted by molar-refractivity contribution is -0.268. The molecule has 0 spiro atoms. The average molecular weight is 649 g/mol. The first-order valence-electron chi connectivity index (χ1n) is 17.1. The Morgan fingerprint density at radius 3 is 2.55 bits per heavy atom. The Bertz CT molecular complexity index is 1350. The molecular formula is C39H52O8. The Hall–Kier alpha value is -3.04. The van der Waals surface area contributed by atoms with Gasteiger partial charge in [-0.05, 0) is 58.8 Å². The van der Waals surface area contributed by atoms with Gasteiger partial charge in [0.15, 0.2) is 6.29 Å². The van der Waals surface area contributed by atoms with Gasteiger partial charge >= 0.3 is 11.9 Å². The van der Waals surface area contributed by atoms with E-state index in [0.717, 1.165) is 30.4 Å². The topological polar surface area (TPSA) is 89.5 Å². The van der Waals surface area contributed by atoms with E-state index in [-0.39, 0.29) is 54.6 Å². The number of esters is 2. The lowest BCUT2D eigenvalue weighted by Crippen LogP contribution is -2.56. The smallest absolute Gasteiger partial charge is 0.336 e. The molecule has 2 heterocycles. The number of carbonyl (C=O) groups excluding carboxylic acids is 2. The second-order valence-electron chi connectivity index (χ2n) is 13.8. The molecule has 1 aromatic carbocycles. The van der Waals surface area contributed by atoms with E-state index < -0.39 is 23.8 Å². The van der Waals surface area contributed by atoms with E-state index >= 15 is 0 Å². The van der Waals surface area contributed by atoms with Gasteiger partial charge < -0.3 is 28.4 Å². The van der Waals surface area contributed by atoms with E-state index in [0.29, 0.717) is 25.0 Å². The first-order valence-corrected chi connectivity index (χ1v) is 17.1. The van der Waals surface area contributed by atoms with Gasteiger partial charge in [-0.15, -0.1) is 0 Å². The van der Waals surface area contributed by atoms with E-state index in [1.54, 1.807) is 7.11 Å². The summed E-state index contributed by atoms with van der Waals surface area (Å²) in [5.41, 5.74) is 1.84. The van der Waals surface area contributed by atoms with Crippen LogP contribution in [0, 0.1) is 35.0 Å². The van der Waals surface area contributed by atoms with Crippen LogP contribution in [0.4, 0.5) is 0 Å². The van der Waals surface area contributed by atoms with Crippen LogP contribution < -0.4 is 0 Å². The first kappa shape index (κ1) is 35.3. The van der Waals surface area contributed by atoms with Crippen LogP contribution in [0.15, 0.2) is 77.9 Å². The lowest BCUT2D eigenvalue weighted by Gasteiger charge is -2.55. The summed E-state index contributed by atoms with van der Waals surface area (Å²) >= 11 is 0. The first-order chi connectivity index (χ1) is 22.7. The summed E-state index contributed by atoms with van der Waals surface area (Å²) in [4.78, 5) is 27.2. The van der Waals surface area contributed by atoms with Crippen LogP contribution in [0.5, 0.6) is 0 Å². The highest BCUT2D eigenvalue weighted by atomic mass is 16.7. The highest BCUT2D eigenvalue weighted by Gasteiger charge is 2.58. The molecule has 1 saturated heterocycles. The zero-order valence-corrected chi connectivity index (χ0v) is 28.8. The number of ether oxygens (including phenoxy) is 6. The second-order valence-corrected chi connectivity index (χ2v) is 13.8. The van der Waals surface area contributed by atoms with Gasteiger partial charge in [0.25, 0.3) is 0 Å². The van der Waals surface area contributed by atoms with Crippen LogP contribution in [0.2, 0.25) is 0 Å². The van der Waals surface area contributed by atoms with E-state index in [4.69, 9.17) is 28.4 Å².